The van der Waals surface area contributed by atoms with Gasteiger partial charge in [0, 0.05) is 0 Å². The molecule has 2 aromatic rings. The van der Waals surface area contributed by atoms with Gasteiger partial charge in [-0.2, -0.15) is 0 Å². The van der Waals surface area contributed by atoms with E-state index in [0.717, 1.165) is 6.42 Å². The molecule has 0 heteroatoms. The lowest BCUT2D eigenvalue weighted by atomic mass is 9.89. The van der Waals surface area contributed by atoms with Crippen molar-refractivity contribution in [2.24, 2.45) is 0 Å². The fourth-order valence-electron chi connectivity index (χ4n) is 2.41. The molecule has 0 heterocycles. The highest BCUT2D eigenvalue weighted by Crippen LogP contribution is 2.24. The highest BCUT2D eigenvalue weighted by Gasteiger charge is 2.10. The van der Waals surface area contributed by atoms with E-state index >= 15 is 0 Å². The van der Waals surface area contributed by atoms with Crippen molar-refractivity contribution in [1.29, 1.82) is 0 Å². The van der Waals surface area contributed by atoms with Crippen LogP contribution in [0.3, 0.4) is 0 Å². The second-order valence-corrected chi connectivity index (χ2v) is 5.17. The van der Waals surface area contributed by atoms with Gasteiger partial charge in [-0.05, 0) is 42.4 Å². The largest absolute Gasteiger partial charge is 0.0985 e. The zero-order valence-electron chi connectivity index (χ0n) is 11.9. The van der Waals surface area contributed by atoms with Crippen LogP contribution in [-0.2, 0) is 6.42 Å². The molecule has 0 bridgehead atoms. The van der Waals surface area contributed by atoms with Gasteiger partial charge in [-0.15, -0.1) is 0 Å². The molecule has 2 rings (SSSR count). The first-order chi connectivity index (χ1) is 9.22. The molecule has 2 aromatic carbocycles. The van der Waals surface area contributed by atoms with E-state index in [1.54, 1.807) is 0 Å². The second kappa shape index (κ2) is 6.38. The molecule has 0 saturated heterocycles. The molecule has 0 saturated carbocycles. The minimum Gasteiger partial charge on any atom is -0.0985 e. The van der Waals surface area contributed by atoms with Crippen LogP contribution in [0.1, 0.15) is 41.5 Å². The number of rotatable bonds is 5. The predicted octanol–water partition coefficient (Wildman–Crippen LogP) is 5.37. The zero-order valence-corrected chi connectivity index (χ0v) is 11.9. The summed E-state index contributed by atoms with van der Waals surface area (Å²) in [7, 11) is 0. The van der Waals surface area contributed by atoms with Gasteiger partial charge in [0.05, 0.1) is 0 Å². The predicted molar refractivity (Wildman–Crippen MR) is 84.4 cm³/mol. The standard InChI is InChI=1S/C19H22/c1-4-16-10-12-19(13-11-16)18(5-2)14-17-8-6-15(3)7-9-17/h4,6-13,18H,1,5,14H2,2-3H3. The first-order valence-electron chi connectivity index (χ1n) is 7.01. The summed E-state index contributed by atoms with van der Waals surface area (Å²) in [4.78, 5) is 0. The Hall–Kier alpha value is -1.82. The molecule has 0 fully saturated rings. The molecule has 0 amide bonds. The summed E-state index contributed by atoms with van der Waals surface area (Å²) in [6.07, 6.45) is 4.18. The first kappa shape index (κ1) is 13.6. The van der Waals surface area contributed by atoms with Crippen molar-refractivity contribution >= 4 is 6.08 Å². The Bertz CT molecular complexity index is 517. The third-order valence-corrected chi connectivity index (χ3v) is 3.74. The van der Waals surface area contributed by atoms with Gasteiger partial charge in [-0.3, -0.25) is 0 Å². The van der Waals surface area contributed by atoms with E-state index in [0.29, 0.717) is 5.92 Å². The highest BCUT2D eigenvalue weighted by molar-refractivity contribution is 5.47. The van der Waals surface area contributed by atoms with Crippen LogP contribution in [0, 0.1) is 6.92 Å². The smallest absolute Gasteiger partial charge is 0.0124 e. The van der Waals surface area contributed by atoms with Gasteiger partial charge in [0.2, 0.25) is 0 Å². The Labute approximate surface area is 116 Å². The summed E-state index contributed by atoms with van der Waals surface area (Å²) in [5.74, 6) is 0.599. The maximum atomic E-state index is 3.80. The molecule has 0 spiro atoms. The molecule has 0 aromatic heterocycles. The van der Waals surface area contributed by atoms with Gasteiger partial charge >= 0.3 is 0 Å². The molecule has 0 radical (unpaired) electrons. The molecular formula is C19H22. The summed E-state index contributed by atoms with van der Waals surface area (Å²) in [6, 6.07) is 17.7. The Balaban J connectivity index is 2.14. The van der Waals surface area contributed by atoms with Crippen LogP contribution in [0.5, 0.6) is 0 Å². The Morgan fingerprint density at radius 1 is 1.00 bits per heavy atom. The molecule has 1 atom stereocenters. The van der Waals surface area contributed by atoms with Gasteiger partial charge in [0.1, 0.15) is 0 Å². The van der Waals surface area contributed by atoms with E-state index in [1.807, 2.05) is 6.08 Å². The third kappa shape index (κ3) is 3.57. The molecule has 1 unspecified atom stereocenters. The Kier molecular flexibility index (Phi) is 4.57. The van der Waals surface area contributed by atoms with Crippen molar-refractivity contribution in [3.05, 3.63) is 77.4 Å². The summed E-state index contributed by atoms with van der Waals surface area (Å²) in [6.45, 7) is 8.20. The van der Waals surface area contributed by atoms with E-state index in [4.69, 9.17) is 0 Å². The number of aryl methyl sites for hydroxylation is 1. The van der Waals surface area contributed by atoms with Gasteiger partial charge in [0.25, 0.3) is 0 Å². The van der Waals surface area contributed by atoms with Crippen molar-refractivity contribution in [1.82, 2.24) is 0 Å². The second-order valence-electron chi connectivity index (χ2n) is 5.17. The van der Waals surface area contributed by atoms with E-state index < -0.39 is 0 Å². The molecular weight excluding hydrogens is 228 g/mol. The minimum atomic E-state index is 0.599. The number of benzene rings is 2. The van der Waals surface area contributed by atoms with Gasteiger partial charge in [-0.25, -0.2) is 0 Å². The van der Waals surface area contributed by atoms with E-state index in [2.05, 4.69) is 69.0 Å². The maximum Gasteiger partial charge on any atom is -0.0124 e. The minimum absolute atomic E-state index is 0.599. The average molecular weight is 250 g/mol. The topological polar surface area (TPSA) is 0 Å². The van der Waals surface area contributed by atoms with Crippen LogP contribution in [0.2, 0.25) is 0 Å². The molecule has 0 N–H and O–H groups in total. The molecule has 0 aliphatic heterocycles. The first-order valence-corrected chi connectivity index (χ1v) is 7.01. The van der Waals surface area contributed by atoms with Crippen molar-refractivity contribution in [3.63, 3.8) is 0 Å². The SMILES string of the molecule is C=Cc1ccc(C(CC)Cc2ccc(C)cc2)cc1. The van der Waals surface area contributed by atoms with Crippen LogP contribution < -0.4 is 0 Å². The van der Waals surface area contributed by atoms with Crippen LogP contribution in [-0.4, -0.2) is 0 Å². The summed E-state index contributed by atoms with van der Waals surface area (Å²) in [5, 5.41) is 0. The normalized spacial score (nSPS) is 12.1. The third-order valence-electron chi connectivity index (χ3n) is 3.74. The molecule has 0 aliphatic rings. The summed E-state index contributed by atoms with van der Waals surface area (Å²) >= 11 is 0. The van der Waals surface area contributed by atoms with E-state index in [-0.39, 0.29) is 0 Å². The van der Waals surface area contributed by atoms with Crippen LogP contribution in [0.25, 0.3) is 6.08 Å². The fraction of sp³-hybridized carbons (Fsp3) is 0.263. The zero-order chi connectivity index (χ0) is 13.7. The average Bonchev–Trinajstić information content (AvgIpc) is 2.47. The highest BCUT2D eigenvalue weighted by atomic mass is 14.1. The van der Waals surface area contributed by atoms with Crippen molar-refractivity contribution < 1.29 is 0 Å². The fourth-order valence-corrected chi connectivity index (χ4v) is 2.41. The van der Waals surface area contributed by atoms with Crippen LogP contribution >= 0.6 is 0 Å². The van der Waals surface area contributed by atoms with Crippen LogP contribution in [0.15, 0.2) is 55.1 Å². The van der Waals surface area contributed by atoms with Gasteiger partial charge in [-0.1, -0.05) is 73.7 Å². The summed E-state index contributed by atoms with van der Waals surface area (Å²) in [5.41, 5.74) is 5.36. The van der Waals surface area contributed by atoms with Gasteiger partial charge in [0.15, 0.2) is 0 Å². The number of hydrogen-bond donors (Lipinski definition) is 0. The van der Waals surface area contributed by atoms with Crippen molar-refractivity contribution in [2.75, 3.05) is 0 Å². The van der Waals surface area contributed by atoms with E-state index in [1.165, 1.54) is 28.7 Å². The lowest BCUT2D eigenvalue weighted by Gasteiger charge is -2.16. The molecule has 19 heavy (non-hydrogen) atoms. The number of hydrogen-bond acceptors (Lipinski definition) is 0. The quantitative estimate of drug-likeness (QED) is 0.669. The molecule has 0 aliphatic carbocycles. The monoisotopic (exact) mass is 250 g/mol. The van der Waals surface area contributed by atoms with Gasteiger partial charge < -0.3 is 0 Å². The Morgan fingerprint density at radius 3 is 2.16 bits per heavy atom. The maximum absolute atomic E-state index is 3.80. The lowest BCUT2D eigenvalue weighted by Crippen LogP contribution is -2.01. The van der Waals surface area contributed by atoms with E-state index in [9.17, 15) is 0 Å². The van der Waals surface area contributed by atoms with Crippen LogP contribution in [0.4, 0.5) is 0 Å². The molecule has 0 nitrogen and oxygen atoms in total. The molecule has 98 valence electrons. The lowest BCUT2D eigenvalue weighted by molar-refractivity contribution is 0.660. The summed E-state index contributed by atoms with van der Waals surface area (Å²) < 4.78 is 0. The Morgan fingerprint density at radius 2 is 1.63 bits per heavy atom. The van der Waals surface area contributed by atoms with Crippen molar-refractivity contribution in [3.8, 4) is 0 Å². The van der Waals surface area contributed by atoms with Crippen molar-refractivity contribution in [2.45, 2.75) is 32.6 Å².